The number of hydrogen-bond donors (Lipinski definition) is 1. The number of rotatable bonds is 8. The Morgan fingerprint density at radius 3 is 3.10 bits per heavy atom. The van der Waals surface area contributed by atoms with Gasteiger partial charge in [0.05, 0.1) is 24.0 Å². The molecule has 0 bridgehead atoms. The van der Waals surface area contributed by atoms with E-state index in [0.717, 1.165) is 24.3 Å². The molecular weight excluding hydrogens is 286 g/mol. The van der Waals surface area contributed by atoms with Crippen LogP contribution in [0.5, 0.6) is 5.75 Å². The second kappa shape index (κ2) is 8.36. The summed E-state index contributed by atoms with van der Waals surface area (Å²) >= 11 is 1.60. The van der Waals surface area contributed by atoms with Gasteiger partial charge in [-0.3, -0.25) is 9.78 Å². The Bertz CT molecular complexity index is 557. The highest BCUT2D eigenvalue weighted by Crippen LogP contribution is 2.14. The van der Waals surface area contributed by atoms with Crippen LogP contribution in [0, 0.1) is 6.92 Å². The van der Waals surface area contributed by atoms with Gasteiger partial charge in [-0.25, -0.2) is 4.98 Å². The third-order valence-corrected chi connectivity index (χ3v) is 3.97. The van der Waals surface area contributed by atoms with Gasteiger partial charge in [0.15, 0.2) is 0 Å². The minimum Gasteiger partial charge on any atom is -0.492 e. The molecule has 21 heavy (non-hydrogen) atoms. The van der Waals surface area contributed by atoms with Gasteiger partial charge in [-0.2, -0.15) is 0 Å². The van der Waals surface area contributed by atoms with Crippen LogP contribution >= 0.6 is 11.3 Å². The molecule has 2 heterocycles. The third kappa shape index (κ3) is 5.51. The van der Waals surface area contributed by atoms with E-state index < -0.39 is 0 Å². The molecule has 0 saturated heterocycles. The average molecular weight is 305 g/mol. The van der Waals surface area contributed by atoms with Crippen molar-refractivity contribution >= 4 is 17.2 Å². The van der Waals surface area contributed by atoms with Crippen molar-refractivity contribution in [1.82, 2.24) is 15.3 Å². The van der Waals surface area contributed by atoms with Crippen molar-refractivity contribution in [3.8, 4) is 5.75 Å². The number of hydrogen-bond acceptors (Lipinski definition) is 5. The first-order valence-electron chi connectivity index (χ1n) is 6.94. The molecule has 6 heteroatoms. The van der Waals surface area contributed by atoms with Crippen LogP contribution in [0.4, 0.5) is 0 Å². The lowest BCUT2D eigenvalue weighted by Gasteiger charge is -2.07. The van der Waals surface area contributed by atoms with Crippen LogP contribution in [0.3, 0.4) is 0 Å². The van der Waals surface area contributed by atoms with Crippen molar-refractivity contribution in [2.24, 2.45) is 0 Å². The zero-order chi connectivity index (χ0) is 14.9. The number of nitrogens with zero attached hydrogens (tertiary/aromatic N) is 2. The van der Waals surface area contributed by atoms with Gasteiger partial charge in [0.1, 0.15) is 5.75 Å². The Hall–Kier alpha value is -1.95. The van der Waals surface area contributed by atoms with Gasteiger partial charge >= 0.3 is 0 Å². The maximum atomic E-state index is 11.7. The molecule has 112 valence electrons. The average Bonchev–Trinajstić information content (AvgIpc) is 2.91. The molecule has 0 aliphatic carbocycles. The second-order valence-electron chi connectivity index (χ2n) is 4.60. The van der Waals surface area contributed by atoms with Gasteiger partial charge in [0, 0.05) is 24.0 Å². The highest BCUT2D eigenvalue weighted by molar-refractivity contribution is 7.09. The minimum absolute atomic E-state index is 0.0733. The number of nitrogens with one attached hydrogen (secondary N) is 1. The number of aryl methyl sites for hydroxylation is 2. The number of ether oxygens (including phenoxy) is 1. The molecule has 0 saturated carbocycles. The molecule has 0 aliphatic rings. The zero-order valence-electron chi connectivity index (χ0n) is 12.0. The number of aromatic nitrogens is 2. The summed E-state index contributed by atoms with van der Waals surface area (Å²) in [6.45, 7) is 3.17. The summed E-state index contributed by atoms with van der Waals surface area (Å²) in [4.78, 5) is 21.0. The number of thiazole rings is 1. The van der Waals surface area contributed by atoms with Crippen molar-refractivity contribution in [3.05, 3.63) is 40.6 Å². The first kappa shape index (κ1) is 15.4. The fourth-order valence-electron chi connectivity index (χ4n) is 1.80. The van der Waals surface area contributed by atoms with Crippen molar-refractivity contribution in [1.29, 1.82) is 0 Å². The van der Waals surface area contributed by atoms with Crippen molar-refractivity contribution < 1.29 is 9.53 Å². The highest BCUT2D eigenvalue weighted by atomic mass is 32.1. The Kier molecular flexibility index (Phi) is 6.15. The lowest BCUT2D eigenvalue weighted by atomic mass is 10.2. The van der Waals surface area contributed by atoms with E-state index in [0.29, 0.717) is 19.6 Å². The molecule has 0 aromatic carbocycles. The van der Waals surface area contributed by atoms with Crippen LogP contribution in [0.15, 0.2) is 30.0 Å². The molecule has 1 amide bonds. The Balaban J connectivity index is 1.54. The number of amides is 1. The smallest absolute Gasteiger partial charge is 0.220 e. The van der Waals surface area contributed by atoms with E-state index in [1.54, 1.807) is 23.7 Å². The molecule has 5 nitrogen and oxygen atoms in total. The minimum atomic E-state index is 0.0733. The maximum Gasteiger partial charge on any atom is 0.220 e. The van der Waals surface area contributed by atoms with E-state index in [4.69, 9.17) is 4.74 Å². The van der Waals surface area contributed by atoms with Gasteiger partial charge < -0.3 is 10.1 Å². The molecule has 1 N–H and O–H groups in total. The molecule has 2 aromatic heterocycles. The van der Waals surface area contributed by atoms with Gasteiger partial charge in [0.2, 0.25) is 5.91 Å². The summed E-state index contributed by atoms with van der Waals surface area (Å²) < 4.78 is 5.50. The van der Waals surface area contributed by atoms with Crippen LogP contribution in [0.1, 0.15) is 23.4 Å². The van der Waals surface area contributed by atoms with E-state index in [2.05, 4.69) is 15.3 Å². The number of carbonyl (C=O) groups is 1. The SMILES string of the molecule is Cc1ncsc1CCC(=O)NCCCOc1cccnc1. The predicted octanol–water partition coefficient (Wildman–Crippen LogP) is 2.36. The largest absolute Gasteiger partial charge is 0.492 e. The second-order valence-corrected chi connectivity index (χ2v) is 5.54. The molecular formula is C15H19N3O2S. The molecule has 2 aromatic rings. The Morgan fingerprint density at radius 1 is 1.48 bits per heavy atom. The molecule has 2 rings (SSSR count). The third-order valence-electron chi connectivity index (χ3n) is 2.97. The monoisotopic (exact) mass is 305 g/mol. The van der Waals surface area contributed by atoms with Crippen molar-refractivity contribution in [2.75, 3.05) is 13.2 Å². The maximum absolute atomic E-state index is 11.7. The van der Waals surface area contributed by atoms with Crippen LogP contribution < -0.4 is 10.1 Å². The quantitative estimate of drug-likeness (QED) is 0.760. The van der Waals surface area contributed by atoms with Gasteiger partial charge in [-0.1, -0.05) is 0 Å². The van der Waals surface area contributed by atoms with Gasteiger partial charge in [0.25, 0.3) is 0 Å². The van der Waals surface area contributed by atoms with Crippen LogP contribution in [0.25, 0.3) is 0 Å². The number of pyridine rings is 1. The standard InChI is InChI=1S/C15H19N3O2S/c1-12-14(21-11-18-12)5-6-15(19)17-8-3-9-20-13-4-2-7-16-10-13/h2,4,7,10-11H,3,5-6,8-9H2,1H3,(H,17,19). The summed E-state index contributed by atoms with van der Waals surface area (Å²) in [6, 6.07) is 3.70. The van der Waals surface area contributed by atoms with E-state index in [-0.39, 0.29) is 5.91 Å². The first-order valence-corrected chi connectivity index (χ1v) is 7.82. The predicted molar refractivity (Wildman–Crippen MR) is 82.5 cm³/mol. The van der Waals surface area contributed by atoms with E-state index >= 15 is 0 Å². The molecule has 0 unspecified atom stereocenters. The Morgan fingerprint density at radius 2 is 2.38 bits per heavy atom. The zero-order valence-corrected chi connectivity index (χ0v) is 12.9. The molecule has 0 aliphatic heterocycles. The fraction of sp³-hybridized carbons (Fsp3) is 0.400. The summed E-state index contributed by atoms with van der Waals surface area (Å²) in [5.74, 6) is 0.827. The van der Waals surface area contributed by atoms with E-state index in [1.165, 1.54) is 4.88 Å². The van der Waals surface area contributed by atoms with E-state index in [9.17, 15) is 4.79 Å². The lowest BCUT2D eigenvalue weighted by molar-refractivity contribution is -0.121. The molecule has 0 spiro atoms. The first-order chi connectivity index (χ1) is 10.3. The Labute approximate surface area is 128 Å². The van der Waals surface area contributed by atoms with Crippen molar-refractivity contribution in [3.63, 3.8) is 0 Å². The summed E-state index contributed by atoms with van der Waals surface area (Å²) in [5, 5.41) is 2.90. The van der Waals surface area contributed by atoms with Gasteiger partial charge in [-0.15, -0.1) is 11.3 Å². The van der Waals surface area contributed by atoms with Gasteiger partial charge in [-0.05, 0) is 31.9 Å². The normalized spacial score (nSPS) is 10.3. The topological polar surface area (TPSA) is 64.1 Å². The van der Waals surface area contributed by atoms with E-state index in [1.807, 2.05) is 24.6 Å². The molecule has 0 fully saturated rings. The lowest BCUT2D eigenvalue weighted by Crippen LogP contribution is -2.25. The summed E-state index contributed by atoms with van der Waals surface area (Å²) in [7, 11) is 0. The van der Waals surface area contributed by atoms with Crippen LogP contribution in [0.2, 0.25) is 0 Å². The van der Waals surface area contributed by atoms with Crippen molar-refractivity contribution in [2.45, 2.75) is 26.2 Å². The summed E-state index contributed by atoms with van der Waals surface area (Å²) in [5.41, 5.74) is 2.84. The molecule has 0 radical (unpaired) electrons. The highest BCUT2D eigenvalue weighted by Gasteiger charge is 2.05. The number of carbonyl (C=O) groups excluding carboxylic acids is 1. The molecule has 0 atom stereocenters. The fourth-order valence-corrected chi connectivity index (χ4v) is 2.59. The summed E-state index contributed by atoms with van der Waals surface area (Å²) in [6.07, 6.45) is 5.43. The van der Waals surface area contributed by atoms with Crippen LogP contribution in [-0.2, 0) is 11.2 Å². The van der Waals surface area contributed by atoms with Crippen LogP contribution in [-0.4, -0.2) is 29.0 Å².